The first kappa shape index (κ1) is 16.6. The molecule has 1 amide bonds. The number of aromatic nitrogens is 2. The zero-order chi connectivity index (χ0) is 17.2. The van der Waals surface area contributed by atoms with Gasteiger partial charge in [0, 0.05) is 45.1 Å². The number of fused-ring (bicyclic) bond motifs is 1. The topological polar surface area (TPSA) is 75.0 Å². The van der Waals surface area contributed by atoms with E-state index in [2.05, 4.69) is 20.2 Å². The van der Waals surface area contributed by atoms with E-state index in [0.29, 0.717) is 19.6 Å². The summed E-state index contributed by atoms with van der Waals surface area (Å²) in [5, 5.41) is 3.39. The van der Waals surface area contributed by atoms with Crippen molar-refractivity contribution in [3.05, 3.63) is 18.7 Å². The molecule has 0 saturated carbocycles. The van der Waals surface area contributed by atoms with Crippen LogP contribution in [-0.2, 0) is 11.3 Å². The van der Waals surface area contributed by atoms with Crippen LogP contribution in [-0.4, -0.2) is 75.8 Å². The smallest absolute Gasteiger partial charge is 0.410 e. The van der Waals surface area contributed by atoms with Crippen LogP contribution in [0, 0.1) is 0 Å². The van der Waals surface area contributed by atoms with Crippen molar-refractivity contribution < 1.29 is 9.53 Å². The zero-order valence-corrected chi connectivity index (χ0v) is 14.6. The van der Waals surface area contributed by atoms with Crippen molar-refractivity contribution in [1.82, 2.24) is 24.7 Å². The molecule has 1 aromatic heterocycles. The summed E-state index contributed by atoms with van der Waals surface area (Å²) in [7, 11) is 0. The third-order valence-electron chi connectivity index (χ3n) is 4.07. The Hall–Kier alpha value is -2.25. The fourth-order valence-electron chi connectivity index (χ4n) is 2.94. The summed E-state index contributed by atoms with van der Waals surface area (Å²) < 4.78 is 7.49. The van der Waals surface area contributed by atoms with Crippen LogP contribution in [0.4, 0.5) is 4.79 Å². The van der Waals surface area contributed by atoms with Crippen LogP contribution >= 0.6 is 0 Å². The number of rotatable bonds is 3. The summed E-state index contributed by atoms with van der Waals surface area (Å²) in [5.41, 5.74) is -0.458. The third-order valence-corrected chi connectivity index (χ3v) is 4.07. The molecule has 8 nitrogen and oxygen atoms in total. The van der Waals surface area contributed by atoms with E-state index < -0.39 is 5.60 Å². The molecule has 1 aromatic rings. The van der Waals surface area contributed by atoms with Gasteiger partial charge in [-0.15, -0.1) is 0 Å². The summed E-state index contributed by atoms with van der Waals surface area (Å²) in [6.45, 7) is 10.1. The fourth-order valence-corrected chi connectivity index (χ4v) is 2.94. The number of carbonyl (C=O) groups excluding carboxylic acids is 1. The molecule has 1 unspecified atom stereocenters. The molecule has 0 bridgehead atoms. The van der Waals surface area contributed by atoms with E-state index in [9.17, 15) is 4.79 Å². The predicted molar refractivity (Wildman–Crippen MR) is 90.8 cm³/mol. The van der Waals surface area contributed by atoms with E-state index in [1.165, 1.54) is 0 Å². The summed E-state index contributed by atoms with van der Waals surface area (Å²) in [6.07, 6.45) is 5.30. The zero-order valence-electron chi connectivity index (χ0n) is 14.6. The molecular formula is C16H26N6O2. The van der Waals surface area contributed by atoms with Crippen molar-refractivity contribution in [1.29, 1.82) is 0 Å². The molecule has 1 atom stereocenters. The largest absolute Gasteiger partial charge is 0.444 e. The van der Waals surface area contributed by atoms with Gasteiger partial charge in [-0.05, 0) is 20.8 Å². The van der Waals surface area contributed by atoms with Gasteiger partial charge >= 0.3 is 6.09 Å². The van der Waals surface area contributed by atoms with Crippen molar-refractivity contribution in [2.45, 2.75) is 39.0 Å². The van der Waals surface area contributed by atoms with Crippen LogP contribution in [0.15, 0.2) is 23.7 Å². The molecule has 8 heteroatoms. The number of piperazine rings is 1. The first-order valence-electron chi connectivity index (χ1n) is 8.41. The maximum absolute atomic E-state index is 12.2. The van der Waals surface area contributed by atoms with E-state index >= 15 is 0 Å². The molecule has 1 saturated heterocycles. The SMILES string of the molecule is CC(C)(C)OC(=O)N1CCN2C(NCCn3ccnc3)=NCC2C1. The highest BCUT2D eigenvalue weighted by molar-refractivity contribution is 5.82. The van der Waals surface area contributed by atoms with E-state index in [1.54, 1.807) is 17.4 Å². The summed E-state index contributed by atoms with van der Waals surface area (Å²) >= 11 is 0. The second-order valence-electron chi connectivity index (χ2n) is 7.17. The summed E-state index contributed by atoms with van der Waals surface area (Å²) in [6, 6.07) is 0.238. The lowest BCUT2D eigenvalue weighted by atomic mass is 10.2. The average molecular weight is 334 g/mol. The number of ether oxygens (including phenoxy) is 1. The van der Waals surface area contributed by atoms with Crippen molar-refractivity contribution in [2.24, 2.45) is 4.99 Å². The molecule has 1 fully saturated rings. The molecule has 0 aromatic carbocycles. The first-order chi connectivity index (χ1) is 11.4. The maximum atomic E-state index is 12.2. The molecule has 0 aliphatic carbocycles. The quantitative estimate of drug-likeness (QED) is 0.883. The molecule has 0 radical (unpaired) electrons. The molecule has 1 N–H and O–H groups in total. The Morgan fingerprint density at radius 2 is 2.25 bits per heavy atom. The van der Waals surface area contributed by atoms with Crippen LogP contribution < -0.4 is 5.32 Å². The first-order valence-corrected chi connectivity index (χ1v) is 8.41. The highest BCUT2D eigenvalue weighted by Crippen LogP contribution is 2.18. The number of amides is 1. The van der Waals surface area contributed by atoms with Gasteiger partial charge in [-0.25, -0.2) is 9.78 Å². The number of hydrogen-bond acceptors (Lipinski definition) is 6. The van der Waals surface area contributed by atoms with Gasteiger partial charge in [0.05, 0.1) is 18.9 Å². The Balaban J connectivity index is 1.46. The molecule has 2 aliphatic heterocycles. The minimum Gasteiger partial charge on any atom is -0.444 e. The second-order valence-corrected chi connectivity index (χ2v) is 7.17. The molecule has 132 valence electrons. The number of imidazole rings is 1. The number of guanidine groups is 1. The molecule has 3 rings (SSSR count). The van der Waals surface area contributed by atoms with Crippen molar-refractivity contribution >= 4 is 12.1 Å². The van der Waals surface area contributed by atoms with Gasteiger partial charge in [0.1, 0.15) is 5.60 Å². The number of nitrogens with zero attached hydrogens (tertiary/aromatic N) is 5. The number of carbonyl (C=O) groups is 1. The number of hydrogen-bond donors (Lipinski definition) is 1. The Bertz CT molecular complexity index is 592. The fraction of sp³-hybridized carbons (Fsp3) is 0.688. The Morgan fingerprint density at radius 1 is 1.42 bits per heavy atom. The van der Waals surface area contributed by atoms with Crippen LogP contribution in [0.1, 0.15) is 20.8 Å². The summed E-state index contributed by atoms with van der Waals surface area (Å²) in [4.78, 5) is 24.9. The van der Waals surface area contributed by atoms with Gasteiger partial charge in [0.2, 0.25) is 0 Å². The van der Waals surface area contributed by atoms with Gasteiger partial charge in [0.15, 0.2) is 5.96 Å². The molecule has 24 heavy (non-hydrogen) atoms. The predicted octanol–water partition coefficient (Wildman–Crippen LogP) is 0.764. The molecule has 0 spiro atoms. The van der Waals surface area contributed by atoms with E-state index in [4.69, 9.17) is 4.74 Å². The van der Waals surface area contributed by atoms with Crippen molar-refractivity contribution in [2.75, 3.05) is 32.7 Å². The molecule has 3 heterocycles. The van der Waals surface area contributed by atoms with Crippen LogP contribution in [0.3, 0.4) is 0 Å². The standard InChI is InChI=1S/C16H26N6O2/c1-16(2,3)24-15(23)21-8-9-22-13(11-21)10-19-14(22)18-5-7-20-6-4-17-12-20/h4,6,12-13H,5,7-11H2,1-3H3,(H,18,19). The highest BCUT2D eigenvalue weighted by Gasteiger charge is 2.36. The van der Waals surface area contributed by atoms with Crippen LogP contribution in [0.25, 0.3) is 0 Å². The van der Waals surface area contributed by atoms with Gasteiger partial charge in [-0.2, -0.15) is 0 Å². The lowest BCUT2D eigenvalue weighted by Crippen LogP contribution is -2.57. The Morgan fingerprint density at radius 3 is 2.96 bits per heavy atom. The lowest BCUT2D eigenvalue weighted by Gasteiger charge is -2.39. The molecule has 2 aliphatic rings. The van der Waals surface area contributed by atoms with Crippen molar-refractivity contribution in [3.63, 3.8) is 0 Å². The van der Waals surface area contributed by atoms with E-state index in [1.807, 2.05) is 31.5 Å². The van der Waals surface area contributed by atoms with Gasteiger partial charge in [0.25, 0.3) is 0 Å². The average Bonchev–Trinajstić information content (AvgIpc) is 3.15. The van der Waals surface area contributed by atoms with E-state index in [-0.39, 0.29) is 12.1 Å². The van der Waals surface area contributed by atoms with Gasteiger partial charge in [-0.1, -0.05) is 0 Å². The number of aliphatic imine (C=N–C) groups is 1. The molecular weight excluding hydrogens is 308 g/mol. The summed E-state index contributed by atoms with van der Waals surface area (Å²) in [5.74, 6) is 0.934. The highest BCUT2D eigenvalue weighted by atomic mass is 16.6. The van der Waals surface area contributed by atoms with Crippen LogP contribution in [0.2, 0.25) is 0 Å². The lowest BCUT2D eigenvalue weighted by molar-refractivity contribution is 0.0137. The normalized spacial score (nSPS) is 20.6. The van der Waals surface area contributed by atoms with Gasteiger partial charge < -0.3 is 24.4 Å². The monoisotopic (exact) mass is 334 g/mol. The Kier molecular flexibility index (Phi) is 4.64. The third kappa shape index (κ3) is 3.98. The van der Waals surface area contributed by atoms with Crippen molar-refractivity contribution in [3.8, 4) is 0 Å². The second kappa shape index (κ2) is 6.70. The van der Waals surface area contributed by atoms with E-state index in [0.717, 1.165) is 25.6 Å². The maximum Gasteiger partial charge on any atom is 0.410 e. The number of nitrogens with one attached hydrogen (secondary N) is 1. The Labute approximate surface area is 142 Å². The minimum absolute atomic E-state index is 0.233. The van der Waals surface area contributed by atoms with Gasteiger partial charge in [-0.3, -0.25) is 4.99 Å². The minimum atomic E-state index is -0.458. The van der Waals surface area contributed by atoms with Crippen LogP contribution in [0.5, 0.6) is 0 Å².